The van der Waals surface area contributed by atoms with Crippen LogP contribution in [0, 0.1) is 10.1 Å². The molecule has 0 fully saturated rings. The van der Waals surface area contributed by atoms with E-state index < -0.39 is 10.9 Å². The molecule has 6 nitrogen and oxygen atoms in total. The molecule has 2 aromatic carbocycles. The molecular weight excluding hydrogens is 298 g/mol. The minimum absolute atomic E-state index is 0.0734. The third-order valence-electron chi connectivity index (χ3n) is 2.91. The van der Waals surface area contributed by atoms with Crippen molar-refractivity contribution in [2.45, 2.75) is 0 Å². The molecule has 0 aliphatic heterocycles. The second-order valence-corrected chi connectivity index (χ2v) is 4.55. The minimum atomic E-state index is -1.20. The maximum atomic E-state index is 11.3. The van der Waals surface area contributed by atoms with Gasteiger partial charge in [0.15, 0.2) is 0 Å². The molecule has 0 atom stereocenters. The van der Waals surface area contributed by atoms with E-state index in [-0.39, 0.29) is 21.8 Å². The summed E-state index contributed by atoms with van der Waals surface area (Å²) in [7, 11) is 1.46. The summed E-state index contributed by atoms with van der Waals surface area (Å²) >= 11 is 6.08. The molecule has 0 bridgehead atoms. The maximum Gasteiger partial charge on any atom is 0.336 e. The lowest BCUT2D eigenvalue weighted by atomic mass is 9.98. The average molecular weight is 308 g/mol. The van der Waals surface area contributed by atoms with Crippen LogP contribution in [-0.2, 0) is 0 Å². The van der Waals surface area contributed by atoms with Crippen molar-refractivity contribution in [2.24, 2.45) is 0 Å². The molecule has 0 spiro atoms. The van der Waals surface area contributed by atoms with E-state index >= 15 is 0 Å². The Morgan fingerprint density at radius 3 is 2.52 bits per heavy atom. The van der Waals surface area contributed by atoms with E-state index in [4.69, 9.17) is 16.3 Å². The Bertz CT molecular complexity index is 729. The third-order valence-corrected chi connectivity index (χ3v) is 3.24. The summed E-state index contributed by atoms with van der Waals surface area (Å²) in [6, 6.07) is 8.20. The van der Waals surface area contributed by atoms with Crippen LogP contribution in [0.3, 0.4) is 0 Å². The molecule has 0 unspecified atom stereocenters. The highest BCUT2D eigenvalue weighted by atomic mass is 35.5. The largest absolute Gasteiger partial charge is 0.497 e. The predicted molar refractivity (Wildman–Crippen MR) is 77.1 cm³/mol. The molecule has 2 aromatic rings. The number of carboxylic acid groups (broad SMARTS) is 1. The summed E-state index contributed by atoms with van der Waals surface area (Å²) in [5.41, 5.74) is 0.238. The van der Waals surface area contributed by atoms with Crippen LogP contribution in [0.4, 0.5) is 5.69 Å². The second-order valence-electron chi connectivity index (χ2n) is 4.14. The van der Waals surface area contributed by atoms with Gasteiger partial charge in [0.05, 0.1) is 17.6 Å². The first-order chi connectivity index (χ1) is 9.93. The van der Waals surface area contributed by atoms with E-state index in [9.17, 15) is 20.0 Å². The minimum Gasteiger partial charge on any atom is -0.497 e. The highest BCUT2D eigenvalue weighted by Crippen LogP contribution is 2.35. The van der Waals surface area contributed by atoms with Crippen molar-refractivity contribution < 1.29 is 19.6 Å². The van der Waals surface area contributed by atoms with Crippen LogP contribution in [0.15, 0.2) is 36.4 Å². The van der Waals surface area contributed by atoms with Crippen LogP contribution in [-0.4, -0.2) is 23.1 Å². The number of methoxy groups -OCH3 is 1. The number of nitrogens with zero attached hydrogens (tertiary/aromatic N) is 1. The van der Waals surface area contributed by atoms with Gasteiger partial charge in [0, 0.05) is 28.3 Å². The van der Waals surface area contributed by atoms with Crippen molar-refractivity contribution >= 4 is 23.3 Å². The van der Waals surface area contributed by atoms with Crippen LogP contribution >= 0.6 is 11.6 Å². The molecule has 0 heterocycles. The Hall–Kier alpha value is -2.60. The van der Waals surface area contributed by atoms with Crippen LogP contribution in [0.1, 0.15) is 10.4 Å². The van der Waals surface area contributed by atoms with Crippen LogP contribution in [0.2, 0.25) is 5.02 Å². The number of benzene rings is 2. The zero-order chi connectivity index (χ0) is 15.6. The van der Waals surface area contributed by atoms with Crippen LogP contribution in [0.5, 0.6) is 5.75 Å². The van der Waals surface area contributed by atoms with Gasteiger partial charge < -0.3 is 9.84 Å². The fourth-order valence-corrected chi connectivity index (χ4v) is 2.11. The van der Waals surface area contributed by atoms with Crippen molar-refractivity contribution in [3.05, 3.63) is 57.1 Å². The topological polar surface area (TPSA) is 89.7 Å². The van der Waals surface area contributed by atoms with Gasteiger partial charge >= 0.3 is 5.97 Å². The van der Waals surface area contributed by atoms with Crippen molar-refractivity contribution in [3.63, 3.8) is 0 Å². The van der Waals surface area contributed by atoms with E-state index in [1.807, 2.05) is 0 Å². The predicted octanol–water partition coefficient (Wildman–Crippen LogP) is 3.62. The van der Waals surface area contributed by atoms with Crippen molar-refractivity contribution in [2.75, 3.05) is 7.11 Å². The molecule has 0 saturated heterocycles. The zero-order valence-electron chi connectivity index (χ0n) is 10.9. The Kier molecular flexibility index (Phi) is 4.09. The molecule has 0 aliphatic carbocycles. The number of nitro groups is 1. The monoisotopic (exact) mass is 307 g/mol. The number of hydrogen-bond acceptors (Lipinski definition) is 4. The molecule has 7 heteroatoms. The summed E-state index contributed by atoms with van der Waals surface area (Å²) in [6.07, 6.45) is 0. The Morgan fingerprint density at radius 2 is 1.95 bits per heavy atom. The number of hydrogen-bond donors (Lipinski definition) is 1. The van der Waals surface area contributed by atoms with Crippen molar-refractivity contribution in [1.82, 2.24) is 0 Å². The molecule has 0 aromatic heterocycles. The normalized spacial score (nSPS) is 10.2. The van der Waals surface area contributed by atoms with Gasteiger partial charge in [0.2, 0.25) is 0 Å². The van der Waals surface area contributed by atoms with Gasteiger partial charge in [0.1, 0.15) is 5.75 Å². The molecule has 21 heavy (non-hydrogen) atoms. The van der Waals surface area contributed by atoms with E-state index in [2.05, 4.69) is 0 Å². The van der Waals surface area contributed by atoms with Crippen molar-refractivity contribution in [3.8, 4) is 16.9 Å². The van der Waals surface area contributed by atoms with E-state index in [0.29, 0.717) is 11.3 Å². The average Bonchev–Trinajstić information content (AvgIpc) is 2.47. The number of ether oxygens (including phenoxy) is 1. The number of non-ortho nitro benzene ring substituents is 1. The quantitative estimate of drug-likeness (QED) is 0.688. The number of aromatic carboxylic acids is 1. The van der Waals surface area contributed by atoms with Crippen molar-refractivity contribution in [1.29, 1.82) is 0 Å². The highest BCUT2D eigenvalue weighted by molar-refractivity contribution is 6.33. The molecule has 0 amide bonds. The first-order valence-corrected chi connectivity index (χ1v) is 6.17. The Morgan fingerprint density at radius 1 is 1.24 bits per heavy atom. The second kappa shape index (κ2) is 5.80. The van der Waals surface area contributed by atoms with Crippen LogP contribution < -0.4 is 4.74 Å². The number of carbonyl (C=O) groups is 1. The molecule has 1 N–H and O–H groups in total. The van der Waals surface area contributed by atoms with Gasteiger partial charge in [-0.15, -0.1) is 0 Å². The van der Waals surface area contributed by atoms with E-state index in [1.165, 1.54) is 25.3 Å². The fourth-order valence-electron chi connectivity index (χ4n) is 1.89. The van der Waals surface area contributed by atoms with E-state index in [1.54, 1.807) is 12.1 Å². The Labute approximate surface area is 124 Å². The van der Waals surface area contributed by atoms with Gasteiger partial charge in [-0.3, -0.25) is 10.1 Å². The SMILES string of the molecule is COc1ccc(Cl)c(-c2cc([N+](=O)[O-])ccc2C(=O)O)c1. The summed E-state index contributed by atoms with van der Waals surface area (Å²) < 4.78 is 5.07. The van der Waals surface area contributed by atoms with Gasteiger partial charge in [-0.1, -0.05) is 11.6 Å². The van der Waals surface area contributed by atoms with Gasteiger partial charge in [0.25, 0.3) is 5.69 Å². The molecule has 2 rings (SSSR count). The standard InChI is InChI=1S/C14H10ClNO5/c1-21-9-3-5-13(15)12(7-9)11-6-8(16(19)20)2-4-10(11)14(17)18/h2-7H,1H3,(H,17,18). The lowest BCUT2D eigenvalue weighted by Gasteiger charge is -2.10. The number of nitro benzene ring substituents is 1. The smallest absolute Gasteiger partial charge is 0.336 e. The number of rotatable bonds is 4. The lowest BCUT2D eigenvalue weighted by molar-refractivity contribution is -0.384. The number of carboxylic acids is 1. The molecule has 0 aliphatic rings. The molecular formula is C14H10ClNO5. The third kappa shape index (κ3) is 2.95. The van der Waals surface area contributed by atoms with Gasteiger partial charge in [-0.2, -0.15) is 0 Å². The molecule has 0 radical (unpaired) electrons. The maximum absolute atomic E-state index is 11.3. The summed E-state index contributed by atoms with van der Waals surface area (Å²) in [6.45, 7) is 0. The highest BCUT2D eigenvalue weighted by Gasteiger charge is 2.19. The van der Waals surface area contributed by atoms with E-state index in [0.717, 1.165) is 6.07 Å². The summed E-state index contributed by atoms with van der Waals surface area (Å²) in [4.78, 5) is 21.6. The molecule has 0 saturated carbocycles. The fraction of sp³-hybridized carbons (Fsp3) is 0.0714. The Balaban J connectivity index is 2.73. The van der Waals surface area contributed by atoms with Gasteiger partial charge in [-0.25, -0.2) is 4.79 Å². The number of halogens is 1. The first-order valence-electron chi connectivity index (χ1n) is 5.79. The zero-order valence-corrected chi connectivity index (χ0v) is 11.6. The summed E-state index contributed by atoms with van der Waals surface area (Å²) in [5, 5.41) is 20.4. The van der Waals surface area contributed by atoms with Crippen LogP contribution in [0.25, 0.3) is 11.1 Å². The van der Waals surface area contributed by atoms with Gasteiger partial charge in [-0.05, 0) is 24.3 Å². The lowest BCUT2D eigenvalue weighted by Crippen LogP contribution is -2.01. The summed E-state index contributed by atoms with van der Waals surface area (Å²) in [5.74, 6) is -0.726. The molecule has 108 valence electrons. The first kappa shape index (κ1) is 14.8.